The Hall–Kier alpha value is -1.29. The van der Waals surface area contributed by atoms with Crippen LogP contribution in [0, 0.1) is 0 Å². The van der Waals surface area contributed by atoms with Gasteiger partial charge in [0.15, 0.2) is 0 Å². The molecule has 1 fully saturated rings. The van der Waals surface area contributed by atoms with Crippen LogP contribution in [-0.4, -0.2) is 18.2 Å². The minimum Gasteiger partial charge on any atom is -0.394 e. The van der Waals surface area contributed by atoms with E-state index in [1.165, 1.54) is 0 Å². The monoisotopic (exact) mass is 194 g/mol. The molecule has 76 valence electrons. The van der Waals surface area contributed by atoms with Crippen molar-refractivity contribution in [2.45, 2.75) is 18.8 Å². The molecule has 0 amide bonds. The Morgan fingerprint density at radius 2 is 2.14 bits per heavy atom. The highest BCUT2D eigenvalue weighted by Gasteiger charge is 2.18. The van der Waals surface area contributed by atoms with E-state index in [0.29, 0.717) is 11.6 Å². The van der Waals surface area contributed by atoms with Gasteiger partial charge in [0.05, 0.1) is 0 Å². The zero-order chi connectivity index (χ0) is 9.97. The third-order valence-electron chi connectivity index (χ3n) is 2.69. The zero-order valence-electron chi connectivity index (χ0n) is 7.95. The van der Waals surface area contributed by atoms with Crippen LogP contribution in [0.25, 0.3) is 0 Å². The number of nitrogens with two attached hydrogens (primary N) is 1. The van der Waals surface area contributed by atoms with Crippen LogP contribution in [0.5, 0.6) is 0 Å². The summed E-state index contributed by atoms with van der Waals surface area (Å²) >= 11 is 0. The predicted molar refractivity (Wildman–Crippen MR) is 54.3 cm³/mol. The van der Waals surface area contributed by atoms with Gasteiger partial charge in [-0.3, -0.25) is 4.79 Å². The predicted octanol–water partition coefficient (Wildman–Crippen LogP) is 0.851. The van der Waals surface area contributed by atoms with Crippen LogP contribution in [0.4, 0.5) is 5.69 Å². The Bertz CT molecular complexity index is 367. The largest absolute Gasteiger partial charge is 0.394 e. The molecule has 14 heavy (non-hydrogen) atoms. The lowest BCUT2D eigenvalue weighted by atomic mass is 9.91. The molecule has 0 aromatic carbocycles. The van der Waals surface area contributed by atoms with E-state index in [1.54, 1.807) is 6.20 Å². The summed E-state index contributed by atoms with van der Waals surface area (Å²) in [7, 11) is 0. The molecular formula is C10H14N2O2. The molecule has 0 radical (unpaired) electrons. The molecule has 3 N–H and O–H groups in total. The zero-order valence-corrected chi connectivity index (χ0v) is 7.95. The number of ether oxygens (including phenoxy) is 1. The van der Waals surface area contributed by atoms with E-state index < -0.39 is 0 Å². The number of pyridine rings is 1. The molecule has 0 bridgehead atoms. The molecular weight excluding hydrogens is 180 g/mol. The SMILES string of the molecule is Nc1c(C2CCOCC2)cc[nH]c1=O. The Morgan fingerprint density at radius 3 is 2.86 bits per heavy atom. The topological polar surface area (TPSA) is 68.1 Å². The lowest BCUT2D eigenvalue weighted by Crippen LogP contribution is -2.20. The smallest absolute Gasteiger partial charge is 0.271 e. The highest BCUT2D eigenvalue weighted by atomic mass is 16.5. The van der Waals surface area contributed by atoms with Gasteiger partial charge in [0.25, 0.3) is 5.56 Å². The second-order valence-corrected chi connectivity index (χ2v) is 3.56. The highest BCUT2D eigenvalue weighted by Crippen LogP contribution is 2.28. The van der Waals surface area contributed by atoms with Crippen molar-refractivity contribution in [1.29, 1.82) is 0 Å². The summed E-state index contributed by atoms with van der Waals surface area (Å²) in [4.78, 5) is 13.8. The molecule has 1 aliphatic heterocycles. The average molecular weight is 194 g/mol. The summed E-state index contributed by atoms with van der Waals surface area (Å²) in [5.74, 6) is 0.381. The summed E-state index contributed by atoms with van der Waals surface area (Å²) in [6.45, 7) is 1.52. The fourth-order valence-electron chi connectivity index (χ4n) is 1.87. The first-order valence-corrected chi connectivity index (χ1v) is 4.84. The van der Waals surface area contributed by atoms with E-state index in [-0.39, 0.29) is 5.56 Å². The molecule has 2 heterocycles. The van der Waals surface area contributed by atoms with E-state index in [2.05, 4.69) is 4.98 Å². The molecule has 1 aromatic heterocycles. The molecule has 0 atom stereocenters. The second-order valence-electron chi connectivity index (χ2n) is 3.56. The van der Waals surface area contributed by atoms with E-state index in [1.807, 2.05) is 6.07 Å². The van der Waals surface area contributed by atoms with Crippen molar-refractivity contribution in [1.82, 2.24) is 4.98 Å². The highest BCUT2D eigenvalue weighted by molar-refractivity contribution is 5.46. The normalized spacial score (nSPS) is 18.3. The van der Waals surface area contributed by atoms with Crippen LogP contribution >= 0.6 is 0 Å². The number of nitrogens with one attached hydrogen (secondary N) is 1. The number of aromatic amines is 1. The first kappa shape index (κ1) is 9.27. The molecule has 0 spiro atoms. The van der Waals surface area contributed by atoms with Gasteiger partial charge in [-0.15, -0.1) is 0 Å². The molecule has 0 aliphatic carbocycles. The average Bonchev–Trinajstić information content (AvgIpc) is 2.23. The first-order chi connectivity index (χ1) is 6.79. The lowest BCUT2D eigenvalue weighted by Gasteiger charge is -2.22. The lowest BCUT2D eigenvalue weighted by molar-refractivity contribution is 0.0854. The van der Waals surface area contributed by atoms with Crippen LogP contribution in [0.1, 0.15) is 24.3 Å². The summed E-state index contributed by atoms with van der Waals surface area (Å²) in [5.41, 5.74) is 6.87. The van der Waals surface area contributed by atoms with E-state index in [4.69, 9.17) is 10.5 Å². The maximum absolute atomic E-state index is 11.3. The maximum atomic E-state index is 11.3. The van der Waals surface area contributed by atoms with Crippen molar-refractivity contribution in [2.24, 2.45) is 0 Å². The van der Waals surface area contributed by atoms with E-state index in [0.717, 1.165) is 31.6 Å². The summed E-state index contributed by atoms with van der Waals surface area (Å²) in [6, 6.07) is 1.90. The number of aromatic nitrogens is 1. The van der Waals surface area contributed by atoms with Gasteiger partial charge in [-0.25, -0.2) is 0 Å². The number of nitrogen functional groups attached to an aromatic ring is 1. The molecule has 4 nitrogen and oxygen atoms in total. The number of hydrogen-bond donors (Lipinski definition) is 2. The third-order valence-corrected chi connectivity index (χ3v) is 2.69. The van der Waals surface area contributed by atoms with Gasteiger partial charge < -0.3 is 15.5 Å². The standard InChI is InChI=1S/C10H14N2O2/c11-9-8(1-4-12-10(9)13)7-2-5-14-6-3-7/h1,4,7H,2-3,5-6,11H2,(H,12,13). The van der Waals surface area contributed by atoms with E-state index in [9.17, 15) is 4.79 Å². The van der Waals surface area contributed by atoms with Crippen molar-refractivity contribution in [3.63, 3.8) is 0 Å². The van der Waals surface area contributed by atoms with Crippen LogP contribution < -0.4 is 11.3 Å². The Kier molecular flexibility index (Phi) is 2.54. The van der Waals surface area contributed by atoms with Crippen LogP contribution in [0.3, 0.4) is 0 Å². The molecule has 1 aromatic rings. The fourth-order valence-corrected chi connectivity index (χ4v) is 1.87. The molecule has 4 heteroatoms. The van der Waals surface area contributed by atoms with E-state index >= 15 is 0 Å². The molecule has 1 aliphatic rings. The summed E-state index contributed by atoms with van der Waals surface area (Å²) in [5, 5.41) is 0. The van der Waals surface area contributed by atoms with Gasteiger partial charge in [-0.05, 0) is 30.4 Å². The number of anilines is 1. The Balaban J connectivity index is 2.30. The number of hydrogen-bond acceptors (Lipinski definition) is 3. The van der Waals surface area contributed by atoms with Gasteiger partial charge in [-0.1, -0.05) is 0 Å². The maximum Gasteiger partial charge on any atom is 0.271 e. The molecule has 0 unspecified atom stereocenters. The number of rotatable bonds is 1. The number of H-pyrrole nitrogens is 1. The summed E-state index contributed by atoms with van der Waals surface area (Å²) < 4.78 is 5.26. The van der Waals surface area contributed by atoms with Gasteiger partial charge in [0.1, 0.15) is 5.69 Å². The van der Waals surface area contributed by atoms with Gasteiger partial charge in [0.2, 0.25) is 0 Å². The minimum atomic E-state index is -0.186. The quantitative estimate of drug-likeness (QED) is 0.696. The van der Waals surface area contributed by atoms with Crippen LogP contribution in [-0.2, 0) is 4.74 Å². The fraction of sp³-hybridized carbons (Fsp3) is 0.500. The second kappa shape index (κ2) is 3.84. The third kappa shape index (κ3) is 1.65. The minimum absolute atomic E-state index is 0.186. The molecule has 2 rings (SSSR count). The Morgan fingerprint density at radius 1 is 1.43 bits per heavy atom. The van der Waals surface area contributed by atoms with Crippen LogP contribution in [0.2, 0.25) is 0 Å². The van der Waals surface area contributed by atoms with Crippen molar-refractivity contribution >= 4 is 5.69 Å². The van der Waals surface area contributed by atoms with Gasteiger partial charge in [-0.2, -0.15) is 0 Å². The van der Waals surface area contributed by atoms with Gasteiger partial charge in [0, 0.05) is 19.4 Å². The van der Waals surface area contributed by atoms with Crippen molar-refractivity contribution in [2.75, 3.05) is 18.9 Å². The van der Waals surface area contributed by atoms with Crippen molar-refractivity contribution in [3.8, 4) is 0 Å². The van der Waals surface area contributed by atoms with Crippen molar-refractivity contribution < 1.29 is 4.74 Å². The van der Waals surface area contributed by atoms with Gasteiger partial charge >= 0.3 is 0 Å². The molecule has 0 saturated carbocycles. The molecule has 1 saturated heterocycles. The van der Waals surface area contributed by atoms with Crippen LogP contribution in [0.15, 0.2) is 17.1 Å². The Labute approximate surface area is 82.1 Å². The first-order valence-electron chi connectivity index (χ1n) is 4.84. The van der Waals surface area contributed by atoms with Crippen molar-refractivity contribution in [3.05, 3.63) is 28.2 Å². The summed E-state index contributed by atoms with van der Waals surface area (Å²) in [6.07, 6.45) is 3.56.